The molecule has 6 heteroatoms. The van der Waals surface area contributed by atoms with E-state index in [-0.39, 0.29) is 12.0 Å². The predicted octanol–water partition coefficient (Wildman–Crippen LogP) is 2.78. The molecule has 0 heterocycles. The molecule has 0 spiro atoms. The van der Waals surface area contributed by atoms with E-state index in [9.17, 15) is 14.7 Å². The molecular formula is C24H22N2O4. The fourth-order valence-electron chi connectivity index (χ4n) is 3.94. The number of primary amides is 1. The Morgan fingerprint density at radius 3 is 2.30 bits per heavy atom. The van der Waals surface area contributed by atoms with Crippen molar-refractivity contribution in [3.05, 3.63) is 89.5 Å². The number of carbonyl (C=O) groups excluding carboxylic acids is 2. The number of aliphatic hydroxyl groups excluding tert-OH is 1. The molecule has 0 saturated heterocycles. The van der Waals surface area contributed by atoms with Gasteiger partial charge in [-0.25, -0.2) is 4.79 Å². The Hall–Kier alpha value is -3.64. The Bertz CT molecular complexity index is 1100. The van der Waals surface area contributed by atoms with Gasteiger partial charge in [-0.05, 0) is 53.8 Å². The van der Waals surface area contributed by atoms with Crippen LogP contribution in [0.5, 0.6) is 0 Å². The molecule has 0 fully saturated rings. The number of ether oxygens (including phenoxy) is 1. The average Bonchev–Trinajstić information content (AvgIpc) is 2.76. The van der Waals surface area contributed by atoms with Gasteiger partial charge < -0.3 is 21.3 Å². The van der Waals surface area contributed by atoms with Crippen LogP contribution in [0.2, 0.25) is 0 Å². The number of hydrogen-bond donors (Lipinski definition) is 3. The van der Waals surface area contributed by atoms with E-state index in [1.54, 1.807) is 36.4 Å². The maximum absolute atomic E-state index is 12.9. The zero-order valence-electron chi connectivity index (χ0n) is 16.2. The quantitative estimate of drug-likeness (QED) is 0.458. The molecule has 152 valence electrons. The second-order valence-corrected chi connectivity index (χ2v) is 7.40. The van der Waals surface area contributed by atoms with Crippen LogP contribution in [0.4, 0.5) is 5.69 Å². The topological polar surface area (TPSA) is 116 Å². The van der Waals surface area contributed by atoms with Crippen LogP contribution in [0.15, 0.2) is 72.8 Å². The van der Waals surface area contributed by atoms with Crippen molar-refractivity contribution in [2.45, 2.75) is 24.5 Å². The standard InChI is InChI=1S/C24H22N2O4/c25-19-12-10-17-11-13-21(27)24(23(26)29,20(17)14-19)30-22(28)18-8-6-16(7-9-18)15-4-2-1-3-5-15/h1-10,12,14,21,27H,11,13,25H2,(H2,26,29). The van der Waals surface area contributed by atoms with Gasteiger partial charge in [0.2, 0.25) is 5.60 Å². The second kappa shape index (κ2) is 7.65. The highest BCUT2D eigenvalue weighted by Crippen LogP contribution is 2.40. The van der Waals surface area contributed by atoms with Gasteiger partial charge in [-0.3, -0.25) is 4.79 Å². The minimum absolute atomic E-state index is 0.236. The molecule has 1 amide bonds. The normalized spacial score (nSPS) is 20.2. The fourth-order valence-corrected chi connectivity index (χ4v) is 3.94. The van der Waals surface area contributed by atoms with E-state index < -0.39 is 23.6 Å². The number of fused-ring (bicyclic) bond motifs is 1. The van der Waals surface area contributed by atoms with Crippen LogP contribution in [0, 0.1) is 0 Å². The van der Waals surface area contributed by atoms with Gasteiger partial charge in [-0.15, -0.1) is 0 Å². The monoisotopic (exact) mass is 402 g/mol. The van der Waals surface area contributed by atoms with E-state index in [0.717, 1.165) is 16.7 Å². The highest BCUT2D eigenvalue weighted by atomic mass is 16.6. The summed E-state index contributed by atoms with van der Waals surface area (Å²) in [4.78, 5) is 25.4. The molecule has 6 nitrogen and oxygen atoms in total. The third-order valence-electron chi connectivity index (χ3n) is 5.54. The van der Waals surface area contributed by atoms with E-state index in [2.05, 4.69) is 0 Å². The molecule has 2 unspecified atom stereocenters. The van der Waals surface area contributed by atoms with Crippen molar-refractivity contribution in [3.8, 4) is 11.1 Å². The third kappa shape index (κ3) is 3.31. The molecular weight excluding hydrogens is 380 g/mol. The van der Waals surface area contributed by atoms with E-state index in [4.69, 9.17) is 16.2 Å². The summed E-state index contributed by atoms with van der Waals surface area (Å²) in [7, 11) is 0. The molecule has 30 heavy (non-hydrogen) atoms. The number of hydrogen-bond acceptors (Lipinski definition) is 5. The van der Waals surface area contributed by atoms with Crippen LogP contribution in [-0.2, 0) is 21.6 Å². The number of rotatable bonds is 4. The summed E-state index contributed by atoms with van der Waals surface area (Å²) in [5, 5.41) is 10.7. The van der Waals surface area contributed by atoms with Crippen LogP contribution in [0.25, 0.3) is 11.1 Å². The first-order chi connectivity index (χ1) is 14.4. The molecule has 3 aromatic carbocycles. The van der Waals surface area contributed by atoms with Crippen molar-refractivity contribution in [2.24, 2.45) is 5.73 Å². The summed E-state index contributed by atoms with van der Waals surface area (Å²) in [6.45, 7) is 0. The molecule has 0 aliphatic heterocycles. The number of aryl methyl sites for hydroxylation is 1. The number of carbonyl (C=O) groups is 2. The largest absolute Gasteiger partial charge is 0.437 e. The fraction of sp³-hybridized carbons (Fsp3) is 0.167. The molecule has 0 saturated carbocycles. The summed E-state index contributed by atoms with van der Waals surface area (Å²) < 4.78 is 5.65. The number of benzene rings is 3. The van der Waals surface area contributed by atoms with Gasteiger partial charge in [0.15, 0.2) is 0 Å². The predicted molar refractivity (Wildman–Crippen MR) is 113 cm³/mol. The zero-order chi connectivity index (χ0) is 21.3. The van der Waals surface area contributed by atoms with Gasteiger partial charge in [0.25, 0.3) is 5.91 Å². The lowest BCUT2D eigenvalue weighted by Crippen LogP contribution is -2.55. The molecule has 1 aliphatic carbocycles. The number of esters is 1. The highest BCUT2D eigenvalue weighted by molar-refractivity contribution is 5.95. The van der Waals surface area contributed by atoms with Gasteiger partial charge >= 0.3 is 5.97 Å². The maximum atomic E-state index is 12.9. The first-order valence-electron chi connectivity index (χ1n) is 9.67. The maximum Gasteiger partial charge on any atom is 0.339 e. The number of amides is 1. The lowest BCUT2D eigenvalue weighted by Gasteiger charge is -2.39. The van der Waals surface area contributed by atoms with Crippen molar-refractivity contribution in [2.75, 3.05) is 5.73 Å². The Morgan fingerprint density at radius 2 is 1.63 bits per heavy atom. The number of anilines is 1. The van der Waals surface area contributed by atoms with Crippen LogP contribution in [0.3, 0.4) is 0 Å². The number of nitrogens with two attached hydrogens (primary N) is 2. The molecule has 2 atom stereocenters. The lowest BCUT2D eigenvalue weighted by atomic mass is 9.76. The van der Waals surface area contributed by atoms with Gasteiger partial charge in [0.05, 0.1) is 5.56 Å². The zero-order valence-corrected chi connectivity index (χ0v) is 16.2. The Morgan fingerprint density at radius 1 is 0.967 bits per heavy atom. The SMILES string of the molecule is NC(=O)C1(OC(=O)c2ccc(-c3ccccc3)cc2)c2cc(N)ccc2CCC1O. The van der Waals surface area contributed by atoms with Crippen molar-refractivity contribution < 1.29 is 19.4 Å². The number of aliphatic hydroxyl groups is 1. The average molecular weight is 402 g/mol. The summed E-state index contributed by atoms with van der Waals surface area (Å²) >= 11 is 0. The third-order valence-corrected chi connectivity index (χ3v) is 5.54. The first-order valence-corrected chi connectivity index (χ1v) is 9.67. The van der Waals surface area contributed by atoms with Crippen molar-refractivity contribution in [3.63, 3.8) is 0 Å². The van der Waals surface area contributed by atoms with E-state index >= 15 is 0 Å². The molecule has 0 bridgehead atoms. The lowest BCUT2D eigenvalue weighted by molar-refractivity contribution is -0.155. The van der Waals surface area contributed by atoms with Crippen molar-refractivity contribution in [1.82, 2.24) is 0 Å². The number of nitrogen functional groups attached to an aromatic ring is 1. The summed E-state index contributed by atoms with van der Waals surface area (Å²) in [6.07, 6.45) is -0.508. The molecule has 0 aromatic heterocycles. The van der Waals surface area contributed by atoms with Crippen LogP contribution in [-0.4, -0.2) is 23.1 Å². The minimum atomic E-state index is -1.99. The van der Waals surface area contributed by atoms with Crippen LogP contribution in [0.1, 0.15) is 27.9 Å². The van der Waals surface area contributed by atoms with Crippen molar-refractivity contribution in [1.29, 1.82) is 0 Å². The molecule has 0 radical (unpaired) electrons. The molecule has 5 N–H and O–H groups in total. The van der Waals surface area contributed by atoms with E-state index in [1.165, 1.54) is 6.07 Å². The summed E-state index contributed by atoms with van der Waals surface area (Å²) in [5.74, 6) is -1.68. The minimum Gasteiger partial charge on any atom is -0.437 e. The van der Waals surface area contributed by atoms with Crippen molar-refractivity contribution >= 4 is 17.6 Å². The Kier molecular flexibility index (Phi) is 5.01. The van der Waals surface area contributed by atoms with Gasteiger partial charge in [0, 0.05) is 11.3 Å². The molecule has 4 rings (SSSR count). The van der Waals surface area contributed by atoms with Gasteiger partial charge in [-0.1, -0.05) is 48.5 Å². The molecule has 3 aromatic rings. The van der Waals surface area contributed by atoms with Crippen LogP contribution < -0.4 is 11.5 Å². The molecule has 1 aliphatic rings. The highest BCUT2D eigenvalue weighted by Gasteiger charge is 2.52. The Balaban J connectivity index is 1.68. The van der Waals surface area contributed by atoms with Gasteiger partial charge in [0.1, 0.15) is 6.10 Å². The first kappa shape index (κ1) is 19.7. The van der Waals surface area contributed by atoms with E-state index in [0.29, 0.717) is 17.7 Å². The Labute approximate surface area is 174 Å². The smallest absolute Gasteiger partial charge is 0.339 e. The second-order valence-electron chi connectivity index (χ2n) is 7.40. The summed E-state index contributed by atoms with van der Waals surface area (Å²) in [6, 6.07) is 21.6. The van der Waals surface area contributed by atoms with Gasteiger partial charge in [-0.2, -0.15) is 0 Å². The van der Waals surface area contributed by atoms with Crippen LogP contribution >= 0.6 is 0 Å². The van der Waals surface area contributed by atoms with E-state index in [1.807, 2.05) is 30.3 Å². The summed E-state index contributed by atoms with van der Waals surface area (Å²) in [5.41, 5.74) is 13.3.